The number of benzene rings is 1. The summed E-state index contributed by atoms with van der Waals surface area (Å²) in [4.78, 5) is 17.3. The molecule has 0 unspecified atom stereocenters. The molecule has 3 aromatic heterocycles. The van der Waals surface area contributed by atoms with Gasteiger partial charge < -0.3 is 24.2 Å². The Kier molecular flexibility index (Phi) is 7.41. The van der Waals surface area contributed by atoms with Crippen molar-refractivity contribution in [1.29, 1.82) is 0 Å². The molecule has 8 bridgehead atoms. The van der Waals surface area contributed by atoms with E-state index in [2.05, 4.69) is 69.2 Å². The number of aromatic nitrogens is 4. The number of methoxy groups -OCH3 is 3. The molecule has 0 atom stereocenters. The average Bonchev–Trinajstić information content (AvgIpc) is 3.81. The summed E-state index contributed by atoms with van der Waals surface area (Å²) in [5, 5.41) is 0. The number of fused-ring (bicyclic) bond motifs is 8. The second kappa shape index (κ2) is 11.3. The zero-order valence-electron chi connectivity index (χ0n) is 23.5. The lowest BCUT2D eigenvalue weighted by Crippen LogP contribution is -1.97. The summed E-state index contributed by atoms with van der Waals surface area (Å²) in [5.41, 5.74) is 10.1. The van der Waals surface area contributed by atoms with Gasteiger partial charge >= 0.3 is 0 Å². The van der Waals surface area contributed by atoms with E-state index in [1.54, 1.807) is 21.3 Å². The van der Waals surface area contributed by atoms with E-state index in [0.717, 1.165) is 79.7 Å². The van der Waals surface area contributed by atoms with Crippen LogP contribution in [0.25, 0.3) is 57.5 Å². The van der Waals surface area contributed by atoms with Crippen molar-refractivity contribution in [1.82, 2.24) is 19.9 Å². The molecule has 8 heteroatoms. The van der Waals surface area contributed by atoms with Gasteiger partial charge in [0.15, 0.2) is 0 Å². The van der Waals surface area contributed by atoms with Crippen molar-refractivity contribution < 1.29 is 14.2 Å². The lowest BCUT2D eigenvalue weighted by Gasteiger charge is -2.16. The number of rotatable bonds is 7. The van der Waals surface area contributed by atoms with Crippen molar-refractivity contribution in [2.75, 3.05) is 21.3 Å². The first-order valence-corrected chi connectivity index (χ1v) is 14.4. The highest BCUT2D eigenvalue weighted by Crippen LogP contribution is 2.45. The van der Waals surface area contributed by atoms with E-state index in [1.807, 2.05) is 30.4 Å². The van der Waals surface area contributed by atoms with Gasteiger partial charge in [0.2, 0.25) is 0 Å². The topological polar surface area (TPSA) is 85.1 Å². The van der Waals surface area contributed by atoms with Gasteiger partial charge in [-0.25, -0.2) is 9.97 Å². The van der Waals surface area contributed by atoms with Gasteiger partial charge in [-0.15, -0.1) is 0 Å². The van der Waals surface area contributed by atoms with Crippen LogP contribution in [-0.4, -0.2) is 41.3 Å². The van der Waals surface area contributed by atoms with Crippen LogP contribution in [0, 0.1) is 0 Å². The van der Waals surface area contributed by atoms with Crippen LogP contribution in [-0.2, 0) is 6.42 Å². The molecule has 0 fully saturated rings. The first kappa shape index (κ1) is 26.9. The van der Waals surface area contributed by atoms with Crippen LogP contribution in [0.3, 0.4) is 0 Å². The Hall–Kier alpha value is -4.30. The molecule has 0 aliphatic carbocycles. The van der Waals surface area contributed by atoms with Gasteiger partial charge in [-0.3, -0.25) is 0 Å². The van der Waals surface area contributed by atoms with Crippen LogP contribution < -0.4 is 14.2 Å². The number of aromatic amines is 2. The number of hydrogen-bond acceptors (Lipinski definition) is 5. The van der Waals surface area contributed by atoms with Crippen molar-refractivity contribution in [2.45, 2.75) is 26.2 Å². The molecule has 0 amide bonds. The summed E-state index contributed by atoms with van der Waals surface area (Å²) in [6.45, 7) is 2.21. The molecule has 2 N–H and O–H groups in total. The maximum absolute atomic E-state index is 5.85. The summed E-state index contributed by atoms with van der Waals surface area (Å²) in [7, 11) is 4.91. The summed E-state index contributed by atoms with van der Waals surface area (Å²) >= 11 is 3.81. The summed E-state index contributed by atoms with van der Waals surface area (Å²) in [6.07, 6.45) is 11.3. The Morgan fingerprint density at radius 2 is 1.27 bits per heavy atom. The van der Waals surface area contributed by atoms with Crippen LogP contribution in [0.2, 0.25) is 0 Å². The molecule has 0 saturated carbocycles. The highest BCUT2D eigenvalue weighted by Gasteiger charge is 2.22. The third kappa shape index (κ3) is 5.04. The lowest BCUT2D eigenvalue weighted by atomic mass is 10.0. The average molecular weight is 612 g/mol. The van der Waals surface area contributed by atoms with Crippen molar-refractivity contribution in [3.63, 3.8) is 0 Å². The molecule has 4 aromatic rings. The van der Waals surface area contributed by atoms with Crippen LogP contribution in [0.4, 0.5) is 0 Å². The predicted octanol–water partition coefficient (Wildman–Crippen LogP) is 8.45. The Labute approximate surface area is 247 Å². The van der Waals surface area contributed by atoms with Gasteiger partial charge in [-0.1, -0.05) is 13.3 Å². The minimum absolute atomic E-state index is 0.616. The van der Waals surface area contributed by atoms with Gasteiger partial charge in [0.05, 0.1) is 54.1 Å². The third-order valence-corrected chi connectivity index (χ3v) is 8.18. The number of ether oxygens (including phenoxy) is 3. The number of H-pyrrole nitrogens is 2. The molecule has 1 aromatic carbocycles. The Balaban J connectivity index is 1.73. The Morgan fingerprint density at radius 3 is 1.90 bits per heavy atom. The number of halogens is 1. The van der Waals surface area contributed by atoms with Crippen molar-refractivity contribution in [3.8, 4) is 28.4 Å². The van der Waals surface area contributed by atoms with Crippen LogP contribution >= 0.6 is 15.9 Å². The number of unbranched alkanes of at least 4 members (excludes halogenated alkanes) is 1. The molecule has 41 heavy (non-hydrogen) atoms. The summed E-state index contributed by atoms with van der Waals surface area (Å²) < 4.78 is 18.0. The molecule has 6 rings (SSSR count). The largest absolute Gasteiger partial charge is 0.496 e. The Bertz CT molecular complexity index is 1840. The standard InChI is InChI=1S/C33H31BrN4O3/c1-5-6-7-22-23-10-8-19(35-23)16-20-9-11-25(36-20)31(32-29(40-3)17-21(39-2)18-30(32)41-4)26-13-15-28(38-26)33(34)27-14-12-24(22)37-27/h8-18,35-36H,5-7H2,1-4H3. The highest BCUT2D eigenvalue weighted by molar-refractivity contribution is 9.10. The Morgan fingerprint density at radius 1 is 0.683 bits per heavy atom. The molecule has 2 aliphatic heterocycles. The predicted molar refractivity (Wildman–Crippen MR) is 170 cm³/mol. The maximum Gasteiger partial charge on any atom is 0.134 e. The van der Waals surface area contributed by atoms with Gasteiger partial charge in [-0.05, 0) is 83.4 Å². The van der Waals surface area contributed by atoms with E-state index in [0.29, 0.717) is 17.2 Å². The molecule has 208 valence electrons. The molecule has 7 nitrogen and oxygen atoms in total. The van der Waals surface area contributed by atoms with E-state index in [9.17, 15) is 0 Å². The number of hydrogen-bond donors (Lipinski definition) is 2. The fourth-order valence-electron chi connectivity index (χ4n) is 5.30. The highest BCUT2D eigenvalue weighted by atomic mass is 79.9. The molecular weight excluding hydrogens is 580 g/mol. The second-order valence-corrected chi connectivity index (χ2v) is 10.7. The first-order chi connectivity index (χ1) is 20.0. The van der Waals surface area contributed by atoms with Crippen molar-refractivity contribution >= 4 is 62.3 Å². The number of nitrogens with zero attached hydrogens (tertiary/aromatic N) is 2. The normalized spacial score (nSPS) is 12.1. The number of aryl methyl sites for hydroxylation is 1. The SMILES string of the molecule is CCCCc1c2nc(c(Br)c3nc(c(-c4c(OC)cc(OC)cc4OC)c4ccc(cc5ccc1[nH]5)[nH]4)C=C3)C=C2. The maximum atomic E-state index is 5.85. The van der Waals surface area contributed by atoms with Gasteiger partial charge in [0.1, 0.15) is 17.2 Å². The summed E-state index contributed by atoms with van der Waals surface area (Å²) in [5.74, 6) is 1.87. The van der Waals surface area contributed by atoms with Crippen molar-refractivity contribution in [2.24, 2.45) is 0 Å². The smallest absolute Gasteiger partial charge is 0.134 e. The van der Waals surface area contributed by atoms with Gasteiger partial charge in [0, 0.05) is 45.3 Å². The van der Waals surface area contributed by atoms with Crippen LogP contribution in [0.15, 0.2) is 46.9 Å². The second-order valence-electron chi connectivity index (χ2n) is 9.91. The van der Waals surface area contributed by atoms with Gasteiger partial charge in [-0.2, -0.15) is 0 Å². The van der Waals surface area contributed by atoms with Crippen LogP contribution in [0.1, 0.15) is 48.1 Å². The van der Waals surface area contributed by atoms with Gasteiger partial charge in [0.25, 0.3) is 0 Å². The van der Waals surface area contributed by atoms with Crippen molar-refractivity contribution in [3.05, 3.63) is 75.3 Å². The molecule has 0 spiro atoms. The monoisotopic (exact) mass is 610 g/mol. The molecule has 0 radical (unpaired) electrons. The molecule has 2 aliphatic rings. The van der Waals surface area contributed by atoms with Crippen LogP contribution in [0.5, 0.6) is 17.2 Å². The third-order valence-electron chi connectivity index (χ3n) is 7.36. The van der Waals surface area contributed by atoms with E-state index in [-0.39, 0.29) is 0 Å². The number of nitrogens with one attached hydrogen (secondary N) is 2. The zero-order chi connectivity index (χ0) is 28.5. The molecular formula is C33H31BrN4O3. The fraction of sp³-hybridized carbons (Fsp3) is 0.212. The lowest BCUT2D eigenvalue weighted by molar-refractivity contribution is 0.377. The minimum Gasteiger partial charge on any atom is -0.496 e. The van der Waals surface area contributed by atoms with E-state index < -0.39 is 0 Å². The van der Waals surface area contributed by atoms with E-state index >= 15 is 0 Å². The zero-order valence-corrected chi connectivity index (χ0v) is 25.1. The fourth-order valence-corrected chi connectivity index (χ4v) is 5.74. The summed E-state index contributed by atoms with van der Waals surface area (Å²) in [6, 6.07) is 14.2. The molecule has 5 heterocycles. The van der Waals surface area contributed by atoms with E-state index in [1.165, 1.54) is 5.56 Å². The first-order valence-electron chi connectivity index (χ1n) is 13.6. The quantitative estimate of drug-likeness (QED) is 0.189. The van der Waals surface area contributed by atoms with E-state index in [4.69, 9.17) is 24.2 Å². The minimum atomic E-state index is 0.616. The molecule has 0 saturated heterocycles.